The van der Waals surface area contributed by atoms with Gasteiger partial charge in [0.15, 0.2) is 5.78 Å². The lowest BCUT2D eigenvalue weighted by molar-refractivity contribution is -0.380. The Morgan fingerprint density at radius 2 is 2.31 bits per heavy atom. The van der Waals surface area contributed by atoms with Crippen molar-refractivity contribution >= 4 is 22.1 Å². The first-order valence-electron chi connectivity index (χ1n) is 3.52. The first-order valence-corrected chi connectivity index (χ1v) is 4.34. The van der Waals surface area contributed by atoms with Crippen molar-refractivity contribution < 1.29 is 9.72 Å². The number of nitrogens with two attached hydrogens (primary N) is 1. The van der Waals surface area contributed by atoms with Crippen molar-refractivity contribution in [1.29, 1.82) is 0 Å². The fourth-order valence-electron chi connectivity index (χ4n) is 0.808. The maximum absolute atomic E-state index is 10.8. The molecule has 0 spiro atoms. The van der Waals surface area contributed by atoms with Gasteiger partial charge in [-0.15, -0.1) is 0 Å². The molecule has 5 nitrogen and oxygen atoms in total. The Balaban J connectivity index is 2.91. The summed E-state index contributed by atoms with van der Waals surface area (Å²) in [5.41, 5.74) is 5.49. The van der Waals surface area contributed by atoms with Crippen molar-refractivity contribution in [3.05, 3.63) is 27.1 Å². The molecule has 1 heterocycles. The van der Waals surface area contributed by atoms with Crippen molar-refractivity contribution in [3.63, 3.8) is 0 Å². The molecule has 0 fully saturated rings. The molecule has 13 heavy (non-hydrogen) atoms. The molecule has 0 saturated carbocycles. The lowest BCUT2D eigenvalue weighted by Gasteiger charge is -2.01. The average molecular weight is 200 g/mol. The number of Topliss-reactive ketones (excluding diaryl/α,β-unsaturated/α-hetero) is 1. The van der Waals surface area contributed by atoms with Crippen LogP contribution in [0.1, 0.15) is 17.8 Å². The number of rotatable bonds is 3. The van der Waals surface area contributed by atoms with Gasteiger partial charge < -0.3 is 5.73 Å². The first-order chi connectivity index (χ1) is 6.02. The molecule has 2 N–H and O–H groups in total. The Morgan fingerprint density at radius 1 is 1.69 bits per heavy atom. The monoisotopic (exact) mass is 200 g/mol. The standard InChI is InChI=1S/C7H8N2O3S/c1-4(10)7(8)5-2-3-6(13-5)9(11)12/h2-3,7H,8H2,1H3. The van der Waals surface area contributed by atoms with Gasteiger partial charge in [0.2, 0.25) is 0 Å². The first kappa shape index (κ1) is 9.82. The van der Waals surface area contributed by atoms with E-state index in [0.29, 0.717) is 4.88 Å². The van der Waals surface area contributed by atoms with Crippen LogP contribution in [0.2, 0.25) is 0 Å². The SMILES string of the molecule is CC(=O)C(N)c1ccc([N+](=O)[O-])s1. The van der Waals surface area contributed by atoms with Crippen LogP contribution >= 0.6 is 11.3 Å². The van der Waals surface area contributed by atoms with E-state index in [1.54, 1.807) is 0 Å². The second-order valence-electron chi connectivity index (χ2n) is 2.52. The zero-order chi connectivity index (χ0) is 10.0. The van der Waals surface area contributed by atoms with Crippen molar-refractivity contribution in [2.45, 2.75) is 13.0 Å². The van der Waals surface area contributed by atoms with Crippen LogP contribution in [0.25, 0.3) is 0 Å². The molecule has 0 radical (unpaired) electrons. The highest BCUT2D eigenvalue weighted by Crippen LogP contribution is 2.27. The zero-order valence-electron chi connectivity index (χ0n) is 6.89. The van der Waals surface area contributed by atoms with E-state index in [2.05, 4.69) is 0 Å². The van der Waals surface area contributed by atoms with Crippen LogP contribution in [0.5, 0.6) is 0 Å². The molecule has 1 aromatic heterocycles. The van der Waals surface area contributed by atoms with Gasteiger partial charge in [0, 0.05) is 10.9 Å². The van der Waals surface area contributed by atoms with Gasteiger partial charge in [-0.2, -0.15) is 0 Å². The third-order valence-electron chi connectivity index (χ3n) is 1.54. The lowest BCUT2D eigenvalue weighted by Crippen LogP contribution is -2.16. The molecule has 1 atom stereocenters. The van der Waals surface area contributed by atoms with E-state index in [1.165, 1.54) is 19.1 Å². The van der Waals surface area contributed by atoms with E-state index in [-0.39, 0.29) is 10.8 Å². The predicted molar refractivity (Wildman–Crippen MR) is 48.6 cm³/mol. The Labute approximate surface area is 78.3 Å². The molecule has 0 saturated heterocycles. The summed E-state index contributed by atoms with van der Waals surface area (Å²) in [5.74, 6) is -0.197. The van der Waals surface area contributed by atoms with Crippen molar-refractivity contribution in [2.24, 2.45) is 5.73 Å². The van der Waals surface area contributed by atoms with Crippen molar-refractivity contribution in [1.82, 2.24) is 0 Å². The second kappa shape index (κ2) is 3.63. The third kappa shape index (κ3) is 2.10. The summed E-state index contributed by atoms with van der Waals surface area (Å²) in [5, 5.41) is 10.3. The summed E-state index contributed by atoms with van der Waals surface area (Å²) in [6, 6.07) is 2.12. The van der Waals surface area contributed by atoms with E-state index in [4.69, 9.17) is 5.73 Å². The molecule has 0 amide bonds. The van der Waals surface area contributed by atoms with Gasteiger partial charge in [-0.05, 0) is 13.0 Å². The molecular formula is C7H8N2O3S. The summed E-state index contributed by atoms with van der Waals surface area (Å²) < 4.78 is 0. The van der Waals surface area contributed by atoms with Crippen LogP contribution in [-0.4, -0.2) is 10.7 Å². The molecule has 0 aliphatic rings. The molecule has 0 bridgehead atoms. The number of carbonyl (C=O) groups is 1. The average Bonchev–Trinajstić information content (AvgIpc) is 2.50. The Kier molecular flexibility index (Phi) is 2.74. The summed E-state index contributed by atoms with van der Waals surface area (Å²) in [7, 11) is 0. The summed E-state index contributed by atoms with van der Waals surface area (Å²) in [6.45, 7) is 1.36. The van der Waals surface area contributed by atoms with E-state index >= 15 is 0 Å². The number of hydrogen-bond donors (Lipinski definition) is 1. The largest absolute Gasteiger partial charge is 0.324 e. The maximum atomic E-state index is 10.8. The number of hydrogen-bond acceptors (Lipinski definition) is 5. The smallest absolute Gasteiger partial charge is 0.317 e. The second-order valence-corrected chi connectivity index (χ2v) is 3.62. The van der Waals surface area contributed by atoms with E-state index < -0.39 is 11.0 Å². The molecule has 6 heteroatoms. The Morgan fingerprint density at radius 3 is 2.69 bits per heavy atom. The van der Waals surface area contributed by atoms with Crippen LogP contribution in [0.3, 0.4) is 0 Å². The highest BCUT2D eigenvalue weighted by atomic mass is 32.1. The fraction of sp³-hybridized carbons (Fsp3) is 0.286. The number of ketones is 1. The van der Waals surface area contributed by atoms with Gasteiger partial charge in [0.1, 0.15) is 0 Å². The van der Waals surface area contributed by atoms with Gasteiger partial charge in [-0.3, -0.25) is 14.9 Å². The lowest BCUT2D eigenvalue weighted by atomic mass is 10.2. The van der Waals surface area contributed by atoms with Gasteiger partial charge in [-0.25, -0.2) is 0 Å². The molecule has 70 valence electrons. The Hall–Kier alpha value is -1.27. The number of thiophene rings is 1. The number of nitro groups is 1. The normalized spacial score (nSPS) is 12.5. The van der Waals surface area contributed by atoms with Gasteiger partial charge in [0.05, 0.1) is 11.0 Å². The predicted octanol–water partition coefficient (Wildman–Crippen LogP) is 1.25. The minimum Gasteiger partial charge on any atom is -0.317 e. The minimum absolute atomic E-state index is 0.00620. The topological polar surface area (TPSA) is 86.2 Å². The molecule has 1 unspecified atom stereocenters. The highest BCUT2D eigenvalue weighted by molar-refractivity contribution is 7.15. The van der Waals surface area contributed by atoms with Crippen molar-refractivity contribution in [3.8, 4) is 0 Å². The van der Waals surface area contributed by atoms with Gasteiger partial charge in [0.25, 0.3) is 0 Å². The summed E-state index contributed by atoms with van der Waals surface area (Å²) >= 11 is 0.932. The third-order valence-corrected chi connectivity index (χ3v) is 2.66. The van der Waals surface area contributed by atoms with Gasteiger partial charge >= 0.3 is 5.00 Å². The van der Waals surface area contributed by atoms with Crippen LogP contribution in [-0.2, 0) is 4.79 Å². The van der Waals surface area contributed by atoms with Crippen LogP contribution in [0, 0.1) is 10.1 Å². The van der Waals surface area contributed by atoms with E-state index in [9.17, 15) is 14.9 Å². The van der Waals surface area contributed by atoms with E-state index in [1.807, 2.05) is 0 Å². The van der Waals surface area contributed by atoms with Crippen molar-refractivity contribution in [2.75, 3.05) is 0 Å². The van der Waals surface area contributed by atoms with Crippen LogP contribution in [0.15, 0.2) is 12.1 Å². The molecular weight excluding hydrogens is 192 g/mol. The molecule has 1 rings (SSSR count). The number of carbonyl (C=O) groups excluding carboxylic acids is 1. The Bertz CT molecular complexity index is 347. The fourth-order valence-corrected chi connectivity index (χ4v) is 1.69. The number of nitrogens with zero attached hydrogens (tertiary/aromatic N) is 1. The molecule has 0 aliphatic heterocycles. The quantitative estimate of drug-likeness (QED) is 0.587. The van der Waals surface area contributed by atoms with Crippen LogP contribution in [0.4, 0.5) is 5.00 Å². The summed E-state index contributed by atoms with van der Waals surface area (Å²) in [4.78, 5) is 21.2. The zero-order valence-corrected chi connectivity index (χ0v) is 7.71. The molecule has 0 aromatic carbocycles. The molecule has 0 aliphatic carbocycles. The maximum Gasteiger partial charge on any atom is 0.324 e. The summed E-state index contributed by atoms with van der Waals surface area (Å²) in [6.07, 6.45) is 0. The van der Waals surface area contributed by atoms with E-state index in [0.717, 1.165) is 11.3 Å². The van der Waals surface area contributed by atoms with Gasteiger partial charge in [-0.1, -0.05) is 11.3 Å². The highest BCUT2D eigenvalue weighted by Gasteiger charge is 2.17. The minimum atomic E-state index is -0.737. The molecule has 1 aromatic rings. The van der Waals surface area contributed by atoms with Crippen LogP contribution < -0.4 is 5.73 Å².